The number of halogens is 3. The molecule has 1 heterocycles. The molecule has 2 N–H and O–H groups in total. The third-order valence-electron chi connectivity index (χ3n) is 3.19. The number of nitrogens with one attached hydrogen (secondary N) is 2. The third kappa shape index (κ3) is 5.64. The monoisotopic (exact) mass is 419 g/mol. The molecular formula is C16H16Cl3N3O2S. The fraction of sp³-hybridized carbons (Fsp3) is 0.312. The first-order chi connectivity index (χ1) is 11.8. The number of rotatable bonds is 6. The lowest BCUT2D eigenvalue weighted by molar-refractivity contribution is -0.115. The van der Waals surface area contributed by atoms with Gasteiger partial charge in [-0.15, -0.1) is 0 Å². The Kier molecular flexibility index (Phi) is 7.19. The van der Waals surface area contributed by atoms with Gasteiger partial charge in [-0.05, 0) is 25.5 Å². The summed E-state index contributed by atoms with van der Waals surface area (Å²) in [4.78, 5) is 31.1. The highest BCUT2D eigenvalue weighted by atomic mass is 35.5. The number of aryl methyl sites for hydroxylation is 1. The molecule has 0 aliphatic rings. The maximum absolute atomic E-state index is 12.4. The van der Waals surface area contributed by atoms with Gasteiger partial charge in [-0.2, -0.15) is 0 Å². The van der Waals surface area contributed by atoms with Crippen LogP contribution in [-0.4, -0.2) is 21.1 Å². The first-order valence-corrected chi connectivity index (χ1v) is 9.53. The average molecular weight is 421 g/mol. The lowest BCUT2D eigenvalue weighted by atomic mass is 10.2. The van der Waals surface area contributed by atoms with Crippen LogP contribution in [0, 0.1) is 0 Å². The summed E-state index contributed by atoms with van der Waals surface area (Å²) >= 11 is 19.1. The highest BCUT2D eigenvalue weighted by Crippen LogP contribution is 2.34. The van der Waals surface area contributed by atoms with Crippen LogP contribution in [0.1, 0.15) is 26.0 Å². The maximum atomic E-state index is 12.4. The Hall–Kier alpha value is -1.21. The van der Waals surface area contributed by atoms with E-state index >= 15 is 0 Å². The number of nitrogens with zero attached hydrogens (tertiary/aromatic N) is 1. The smallest absolute Gasteiger partial charge is 0.251 e. The first kappa shape index (κ1) is 20.1. The van der Waals surface area contributed by atoms with Gasteiger partial charge >= 0.3 is 0 Å². The molecule has 0 radical (unpaired) electrons. The topological polar surface area (TPSA) is 74.8 Å². The van der Waals surface area contributed by atoms with Crippen LogP contribution < -0.4 is 10.9 Å². The molecule has 9 heteroatoms. The summed E-state index contributed by atoms with van der Waals surface area (Å²) in [5.41, 5.74) is 0.758. The molecule has 5 nitrogen and oxygen atoms in total. The second kappa shape index (κ2) is 8.94. The Bertz CT molecular complexity index is 819. The van der Waals surface area contributed by atoms with E-state index in [0.29, 0.717) is 28.0 Å². The van der Waals surface area contributed by atoms with Crippen LogP contribution in [-0.2, 0) is 11.2 Å². The molecule has 0 aliphatic heterocycles. The van der Waals surface area contributed by atoms with Gasteiger partial charge in [0.15, 0.2) is 5.16 Å². The number of anilines is 1. The maximum Gasteiger partial charge on any atom is 0.251 e. The molecule has 0 saturated carbocycles. The molecule has 1 unspecified atom stereocenters. The van der Waals surface area contributed by atoms with E-state index < -0.39 is 5.25 Å². The Balaban J connectivity index is 2.12. The van der Waals surface area contributed by atoms with Gasteiger partial charge in [-0.25, -0.2) is 4.98 Å². The summed E-state index contributed by atoms with van der Waals surface area (Å²) in [5, 5.41) is 3.43. The molecule has 1 amide bonds. The minimum Gasteiger partial charge on any atom is -0.323 e. The second-order valence-corrected chi connectivity index (χ2v) is 7.87. The van der Waals surface area contributed by atoms with Crippen molar-refractivity contribution in [3.05, 3.63) is 49.3 Å². The Morgan fingerprint density at radius 1 is 1.28 bits per heavy atom. The number of amides is 1. The number of hydrogen-bond donors (Lipinski definition) is 2. The number of thioether (sulfide) groups is 1. The van der Waals surface area contributed by atoms with Gasteiger partial charge in [0.2, 0.25) is 5.91 Å². The largest absolute Gasteiger partial charge is 0.323 e. The third-order valence-corrected chi connectivity index (χ3v) is 4.99. The molecule has 0 fully saturated rings. The molecule has 0 saturated heterocycles. The van der Waals surface area contributed by atoms with Gasteiger partial charge in [0.25, 0.3) is 5.56 Å². The van der Waals surface area contributed by atoms with Crippen molar-refractivity contribution in [1.82, 2.24) is 9.97 Å². The minimum absolute atomic E-state index is 0.239. The molecule has 0 spiro atoms. The fourth-order valence-corrected chi connectivity index (χ4v) is 3.77. The lowest BCUT2D eigenvalue weighted by Gasteiger charge is -2.14. The fourth-order valence-electron chi connectivity index (χ4n) is 2.03. The summed E-state index contributed by atoms with van der Waals surface area (Å²) in [5.74, 6) is -0.320. The van der Waals surface area contributed by atoms with E-state index in [1.165, 1.54) is 18.2 Å². The van der Waals surface area contributed by atoms with Crippen LogP contribution in [0.15, 0.2) is 28.2 Å². The van der Waals surface area contributed by atoms with Crippen molar-refractivity contribution < 1.29 is 4.79 Å². The van der Waals surface area contributed by atoms with Crippen LogP contribution in [0.4, 0.5) is 5.69 Å². The number of H-pyrrole nitrogens is 1. The number of benzene rings is 1. The van der Waals surface area contributed by atoms with Crippen LogP contribution in [0.5, 0.6) is 0 Å². The molecule has 0 bridgehead atoms. The second-order valence-electron chi connectivity index (χ2n) is 5.29. The molecule has 1 aromatic carbocycles. The van der Waals surface area contributed by atoms with E-state index in [2.05, 4.69) is 15.3 Å². The van der Waals surface area contributed by atoms with Gasteiger partial charge in [-0.3, -0.25) is 9.59 Å². The van der Waals surface area contributed by atoms with Crippen molar-refractivity contribution in [3.8, 4) is 0 Å². The van der Waals surface area contributed by atoms with Crippen LogP contribution in [0.3, 0.4) is 0 Å². The zero-order valence-corrected chi connectivity index (χ0v) is 16.6. The highest BCUT2D eigenvalue weighted by molar-refractivity contribution is 8.00. The molecule has 1 atom stereocenters. The van der Waals surface area contributed by atoms with Gasteiger partial charge in [0.05, 0.1) is 21.0 Å². The summed E-state index contributed by atoms with van der Waals surface area (Å²) < 4.78 is 0. The van der Waals surface area contributed by atoms with E-state index in [4.69, 9.17) is 34.8 Å². The van der Waals surface area contributed by atoms with Crippen LogP contribution >= 0.6 is 46.6 Å². The van der Waals surface area contributed by atoms with Gasteiger partial charge in [0, 0.05) is 16.8 Å². The van der Waals surface area contributed by atoms with E-state index in [1.807, 2.05) is 6.92 Å². The van der Waals surface area contributed by atoms with Gasteiger partial charge in [-0.1, -0.05) is 59.9 Å². The van der Waals surface area contributed by atoms with Crippen molar-refractivity contribution in [3.63, 3.8) is 0 Å². The van der Waals surface area contributed by atoms with Crippen LogP contribution in [0.2, 0.25) is 15.1 Å². The quantitative estimate of drug-likeness (QED) is 0.520. The van der Waals surface area contributed by atoms with Crippen molar-refractivity contribution in [2.24, 2.45) is 0 Å². The van der Waals surface area contributed by atoms with E-state index in [1.54, 1.807) is 6.92 Å². The predicted octanol–water partition coefficient (Wildman–Crippen LogP) is 4.80. The van der Waals surface area contributed by atoms with Gasteiger partial charge < -0.3 is 10.3 Å². The minimum atomic E-state index is -0.525. The molecule has 1 aromatic heterocycles. The van der Waals surface area contributed by atoms with Gasteiger partial charge in [0.1, 0.15) is 0 Å². The molecule has 2 rings (SSSR count). The average Bonchev–Trinajstić information content (AvgIpc) is 2.50. The van der Waals surface area contributed by atoms with E-state index in [9.17, 15) is 9.59 Å². The van der Waals surface area contributed by atoms with Crippen molar-refractivity contribution in [1.29, 1.82) is 0 Å². The number of aromatic amines is 1. The zero-order chi connectivity index (χ0) is 18.6. The Labute approximate surface area is 164 Å². The number of carbonyl (C=O) groups is 1. The zero-order valence-electron chi connectivity index (χ0n) is 13.5. The van der Waals surface area contributed by atoms with Crippen molar-refractivity contribution in [2.75, 3.05) is 5.32 Å². The summed E-state index contributed by atoms with van der Waals surface area (Å²) in [6.45, 7) is 3.70. The standard InChI is InChI=1S/C16H16Cl3N3O2S/c1-3-4-10-7-13(23)21-16(20-10)25-8(2)15(24)22-14-11(18)5-9(17)6-12(14)19/h5-8H,3-4H2,1-2H3,(H,22,24)(H,20,21,23). The number of carbonyl (C=O) groups excluding carboxylic acids is 1. The first-order valence-electron chi connectivity index (χ1n) is 7.52. The highest BCUT2D eigenvalue weighted by Gasteiger charge is 2.19. The van der Waals surface area contributed by atoms with E-state index in [0.717, 1.165) is 18.2 Å². The molecule has 2 aromatic rings. The van der Waals surface area contributed by atoms with Crippen molar-refractivity contribution in [2.45, 2.75) is 37.1 Å². The Morgan fingerprint density at radius 2 is 1.92 bits per heavy atom. The number of hydrogen-bond acceptors (Lipinski definition) is 4. The summed E-state index contributed by atoms with van der Waals surface area (Å²) in [7, 11) is 0. The molecule has 25 heavy (non-hydrogen) atoms. The van der Waals surface area contributed by atoms with Crippen LogP contribution in [0.25, 0.3) is 0 Å². The molecule has 0 aliphatic carbocycles. The van der Waals surface area contributed by atoms with E-state index in [-0.39, 0.29) is 21.5 Å². The lowest BCUT2D eigenvalue weighted by Crippen LogP contribution is -2.23. The molecular weight excluding hydrogens is 405 g/mol. The molecule has 134 valence electrons. The summed E-state index contributed by atoms with van der Waals surface area (Å²) in [6.07, 6.45) is 1.58. The number of aromatic nitrogens is 2. The van der Waals surface area contributed by atoms with Crippen molar-refractivity contribution >= 4 is 58.2 Å². The predicted molar refractivity (Wildman–Crippen MR) is 104 cm³/mol. The normalized spacial score (nSPS) is 12.0. The SMILES string of the molecule is CCCc1cc(=O)[nH]c(SC(C)C(=O)Nc2c(Cl)cc(Cl)cc2Cl)n1. The Morgan fingerprint density at radius 3 is 2.52 bits per heavy atom. The summed E-state index contributed by atoms with van der Waals surface area (Å²) in [6, 6.07) is 4.46.